The zero-order valence-corrected chi connectivity index (χ0v) is 21.9. The molecule has 208 valence electrons. The maximum absolute atomic E-state index is 13.8. The van der Waals surface area contributed by atoms with Crippen LogP contribution in [0.3, 0.4) is 0 Å². The Bertz CT molecular complexity index is 1500. The van der Waals surface area contributed by atoms with E-state index in [1.54, 1.807) is 10.6 Å². The minimum Gasteiger partial charge on any atom is -0.485 e. The minimum absolute atomic E-state index is 0.00774. The molecule has 0 saturated carbocycles. The molecule has 0 radical (unpaired) electrons. The molecule has 2 atom stereocenters. The van der Waals surface area contributed by atoms with Crippen molar-refractivity contribution < 1.29 is 27.4 Å². The molecule has 3 N–H and O–H groups in total. The molecule has 0 aliphatic carbocycles. The molecule has 0 spiro atoms. The van der Waals surface area contributed by atoms with Gasteiger partial charge in [0.05, 0.1) is 11.4 Å². The predicted molar refractivity (Wildman–Crippen MR) is 143 cm³/mol. The average molecular weight is 551 g/mol. The van der Waals surface area contributed by atoms with E-state index in [2.05, 4.69) is 23.3 Å². The Labute approximate surface area is 229 Å². The summed E-state index contributed by atoms with van der Waals surface area (Å²) in [6, 6.07) is 14.6. The standard InChI is InChI=1S/C30H29F3N4O3/c1-2-18-4-3-5-19(8-18)14-35-15-28(24(34)11-20-9-22(32)12-23(33)10-20)40-30(38)29-26-16-39-27-13-21(31)6-7-25(27)37(26)17-36-29/h3-10,12-13,17,24,28,35H,2,11,14-16,34H2,1H3/t24-,28+/m0/s1. The smallest absolute Gasteiger partial charge is 0.359 e. The van der Waals surface area contributed by atoms with Gasteiger partial charge in [0.15, 0.2) is 5.69 Å². The summed E-state index contributed by atoms with van der Waals surface area (Å²) in [6.45, 7) is 2.76. The number of fused-ring (bicyclic) bond motifs is 3. The molecule has 40 heavy (non-hydrogen) atoms. The van der Waals surface area contributed by atoms with Crippen LogP contribution in [0.1, 0.15) is 39.8 Å². The monoisotopic (exact) mass is 550 g/mol. The van der Waals surface area contributed by atoms with Gasteiger partial charge in [0, 0.05) is 31.3 Å². The van der Waals surface area contributed by atoms with E-state index in [0.717, 1.165) is 18.1 Å². The third-order valence-corrected chi connectivity index (χ3v) is 6.81. The fourth-order valence-electron chi connectivity index (χ4n) is 4.76. The number of imidazole rings is 1. The van der Waals surface area contributed by atoms with Crippen LogP contribution in [0.25, 0.3) is 5.69 Å². The average Bonchev–Trinajstić information content (AvgIpc) is 3.36. The van der Waals surface area contributed by atoms with E-state index in [0.29, 0.717) is 29.2 Å². The lowest BCUT2D eigenvalue weighted by atomic mass is 10.0. The molecule has 0 saturated heterocycles. The maximum atomic E-state index is 13.8. The van der Waals surface area contributed by atoms with E-state index in [1.165, 1.54) is 36.2 Å². The lowest BCUT2D eigenvalue weighted by molar-refractivity contribution is 0.0228. The van der Waals surface area contributed by atoms with Gasteiger partial charge in [-0.3, -0.25) is 4.57 Å². The van der Waals surface area contributed by atoms with Crippen LogP contribution >= 0.6 is 0 Å². The van der Waals surface area contributed by atoms with E-state index in [9.17, 15) is 18.0 Å². The van der Waals surface area contributed by atoms with Crippen molar-refractivity contribution in [2.75, 3.05) is 6.54 Å². The highest BCUT2D eigenvalue weighted by Crippen LogP contribution is 2.31. The number of nitrogens with one attached hydrogen (secondary N) is 1. The van der Waals surface area contributed by atoms with Crippen LogP contribution in [0, 0.1) is 17.5 Å². The molecule has 0 unspecified atom stereocenters. The Morgan fingerprint density at radius 1 is 1.05 bits per heavy atom. The van der Waals surface area contributed by atoms with Gasteiger partial charge in [0.25, 0.3) is 0 Å². The van der Waals surface area contributed by atoms with Gasteiger partial charge in [-0.2, -0.15) is 0 Å². The second kappa shape index (κ2) is 11.9. The molecule has 0 bridgehead atoms. The van der Waals surface area contributed by atoms with Gasteiger partial charge >= 0.3 is 5.97 Å². The molecular formula is C30H29F3N4O3. The zero-order chi connectivity index (χ0) is 28.2. The summed E-state index contributed by atoms with van der Waals surface area (Å²) in [6.07, 6.45) is 1.58. The SMILES string of the molecule is CCc1cccc(CNC[C@@H](OC(=O)c2ncn3c2COc2cc(F)ccc2-3)[C@@H](N)Cc2cc(F)cc(F)c2)c1. The fourth-order valence-corrected chi connectivity index (χ4v) is 4.76. The Hall–Kier alpha value is -4.15. The van der Waals surface area contributed by atoms with E-state index in [4.69, 9.17) is 15.2 Å². The summed E-state index contributed by atoms with van der Waals surface area (Å²) in [5, 5.41) is 3.28. The third kappa shape index (κ3) is 6.19. The first-order valence-corrected chi connectivity index (χ1v) is 13.0. The minimum atomic E-state index is -0.851. The van der Waals surface area contributed by atoms with E-state index in [-0.39, 0.29) is 25.3 Å². The van der Waals surface area contributed by atoms with Crippen LogP contribution in [0.2, 0.25) is 0 Å². The molecule has 1 aliphatic heterocycles. The number of rotatable bonds is 10. The first-order chi connectivity index (χ1) is 19.3. The highest BCUT2D eigenvalue weighted by molar-refractivity contribution is 5.89. The second-order valence-electron chi connectivity index (χ2n) is 9.70. The van der Waals surface area contributed by atoms with Crippen molar-refractivity contribution in [2.24, 2.45) is 5.73 Å². The number of nitrogens with two attached hydrogens (primary N) is 1. The second-order valence-corrected chi connectivity index (χ2v) is 9.70. The zero-order valence-electron chi connectivity index (χ0n) is 21.9. The Morgan fingerprint density at radius 3 is 2.60 bits per heavy atom. The summed E-state index contributed by atoms with van der Waals surface area (Å²) in [7, 11) is 0. The van der Waals surface area contributed by atoms with Crippen LogP contribution < -0.4 is 15.8 Å². The largest absolute Gasteiger partial charge is 0.485 e. The van der Waals surface area contributed by atoms with Crippen molar-refractivity contribution in [3.05, 3.63) is 113 Å². The molecule has 3 aromatic carbocycles. The Kier molecular flexibility index (Phi) is 8.18. The Balaban J connectivity index is 1.34. The van der Waals surface area contributed by atoms with Crippen molar-refractivity contribution in [1.29, 1.82) is 0 Å². The number of hydrogen-bond donors (Lipinski definition) is 2. The molecule has 5 rings (SSSR count). The summed E-state index contributed by atoms with van der Waals surface area (Å²) in [5.74, 6) is -2.25. The van der Waals surface area contributed by atoms with Crippen LogP contribution in [-0.2, 0) is 30.7 Å². The molecule has 2 heterocycles. The third-order valence-electron chi connectivity index (χ3n) is 6.81. The highest BCUT2D eigenvalue weighted by Gasteiger charge is 2.29. The lowest BCUT2D eigenvalue weighted by Gasteiger charge is -2.25. The number of benzene rings is 3. The summed E-state index contributed by atoms with van der Waals surface area (Å²) in [5.41, 5.74) is 10.1. The van der Waals surface area contributed by atoms with Crippen molar-refractivity contribution >= 4 is 5.97 Å². The van der Waals surface area contributed by atoms with E-state index >= 15 is 0 Å². The molecule has 1 aliphatic rings. The van der Waals surface area contributed by atoms with E-state index in [1.807, 2.05) is 18.2 Å². The van der Waals surface area contributed by atoms with Crippen LogP contribution in [-0.4, -0.2) is 34.2 Å². The van der Waals surface area contributed by atoms with Crippen molar-refractivity contribution in [3.63, 3.8) is 0 Å². The number of aryl methyl sites for hydroxylation is 1. The number of nitrogens with zero attached hydrogens (tertiary/aromatic N) is 2. The molecule has 1 aromatic heterocycles. The molecule has 7 nitrogen and oxygen atoms in total. The van der Waals surface area contributed by atoms with Gasteiger partial charge < -0.3 is 20.5 Å². The highest BCUT2D eigenvalue weighted by atomic mass is 19.1. The van der Waals surface area contributed by atoms with Crippen LogP contribution in [0.4, 0.5) is 13.2 Å². The number of hydrogen-bond acceptors (Lipinski definition) is 6. The lowest BCUT2D eigenvalue weighted by Crippen LogP contribution is -2.46. The van der Waals surface area contributed by atoms with Gasteiger partial charge in [-0.25, -0.2) is 22.9 Å². The number of carbonyl (C=O) groups excluding carboxylic acids is 1. The number of halogens is 3. The topological polar surface area (TPSA) is 91.4 Å². The fraction of sp³-hybridized carbons (Fsp3) is 0.267. The van der Waals surface area contributed by atoms with Gasteiger partial charge in [-0.15, -0.1) is 0 Å². The molecule has 0 amide bonds. The van der Waals surface area contributed by atoms with Gasteiger partial charge in [0.2, 0.25) is 0 Å². The van der Waals surface area contributed by atoms with Gasteiger partial charge in [-0.05, 0) is 53.8 Å². The van der Waals surface area contributed by atoms with Crippen LogP contribution in [0.15, 0.2) is 67.0 Å². The molecule has 0 fully saturated rings. The summed E-state index contributed by atoms with van der Waals surface area (Å²) >= 11 is 0. The molecule has 4 aromatic rings. The normalized spacial score (nSPS) is 13.6. The first-order valence-electron chi connectivity index (χ1n) is 13.0. The quantitative estimate of drug-likeness (QED) is 0.280. The van der Waals surface area contributed by atoms with Crippen molar-refractivity contribution in [3.8, 4) is 11.4 Å². The molecule has 10 heteroatoms. The summed E-state index contributed by atoms with van der Waals surface area (Å²) < 4.78 is 54.4. The number of ether oxygens (including phenoxy) is 2. The number of esters is 1. The first kappa shape index (κ1) is 27.4. The van der Waals surface area contributed by atoms with Crippen molar-refractivity contribution in [1.82, 2.24) is 14.9 Å². The number of carbonyl (C=O) groups is 1. The van der Waals surface area contributed by atoms with E-state index < -0.39 is 35.6 Å². The maximum Gasteiger partial charge on any atom is 0.359 e. The van der Waals surface area contributed by atoms with Gasteiger partial charge in [0.1, 0.15) is 42.2 Å². The predicted octanol–water partition coefficient (Wildman–Crippen LogP) is 4.63. The van der Waals surface area contributed by atoms with Crippen molar-refractivity contribution in [2.45, 2.75) is 45.1 Å². The van der Waals surface area contributed by atoms with Crippen LogP contribution in [0.5, 0.6) is 5.75 Å². The molecular weight excluding hydrogens is 521 g/mol. The Morgan fingerprint density at radius 2 is 1.82 bits per heavy atom. The van der Waals surface area contributed by atoms with Gasteiger partial charge in [-0.1, -0.05) is 31.2 Å². The summed E-state index contributed by atoms with van der Waals surface area (Å²) in [4.78, 5) is 17.6. The number of aromatic nitrogens is 2.